The second-order valence-electron chi connectivity index (χ2n) is 7.39. The van der Waals surface area contributed by atoms with E-state index >= 15 is 0 Å². The van der Waals surface area contributed by atoms with Gasteiger partial charge in [0.05, 0.1) is 32.5 Å². The maximum Gasteiger partial charge on any atom is 0.205 e. The number of ether oxygens (including phenoxy) is 3. The van der Waals surface area contributed by atoms with Crippen LogP contribution in [-0.2, 0) is 9.47 Å². The van der Waals surface area contributed by atoms with Crippen LogP contribution in [0.25, 0.3) is 11.3 Å². The molecule has 32 heavy (non-hydrogen) atoms. The van der Waals surface area contributed by atoms with Crippen molar-refractivity contribution in [2.75, 3.05) is 26.9 Å². The molecule has 4 rings (SSSR count). The third-order valence-electron chi connectivity index (χ3n) is 5.33. The molecule has 0 spiro atoms. The van der Waals surface area contributed by atoms with Crippen LogP contribution >= 0.6 is 0 Å². The molecule has 0 saturated carbocycles. The lowest BCUT2D eigenvalue weighted by Crippen LogP contribution is -2.40. The average Bonchev–Trinajstić information content (AvgIpc) is 3.24. The molecular weight excluding hydrogens is 404 g/mol. The molecule has 0 radical (unpaired) electrons. The summed E-state index contributed by atoms with van der Waals surface area (Å²) in [6, 6.07) is 20.2. The minimum atomic E-state index is -0.366. The van der Waals surface area contributed by atoms with E-state index in [0.717, 1.165) is 40.5 Å². The fraction of sp³-hybridized carbons (Fsp3) is 0.320. The number of aliphatic imine (C=N–C) groups is 2. The van der Waals surface area contributed by atoms with E-state index in [9.17, 15) is 0 Å². The van der Waals surface area contributed by atoms with Crippen LogP contribution in [0.15, 0.2) is 64.6 Å². The Morgan fingerprint density at radius 1 is 1.09 bits per heavy atom. The summed E-state index contributed by atoms with van der Waals surface area (Å²) in [5, 5.41) is 11.8. The highest BCUT2D eigenvalue weighted by Gasteiger charge is 2.42. The van der Waals surface area contributed by atoms with Crippen LogP contribution < -0.4 is 10.1 Å². The van der Waals surface area contributed by atoms with E-state index in [0.29, 0.717) is 26.2 Å². The van der Waals surface area contributed by atoms with Crippen LogP contribution in [0.1, 0.15) is 24.0 Å². The van der Waals surface area contributed by atoms with Crippen LogP contribution in [0.3, 0.4) is 0 Å². The predicted molar refractivity (Wildman–Crippen MR) is 124 cm³/mol. The minimum absolute atomic E-state index is 0.136. The number of fused-ring (bicyclic) bond motifs is 1. The van der Waals surface area contributed by atoms with Crippen molar-refractivity contribution < 1.29 is 14.2 Å². The number of hydrogen-bond acceptors (Lipinski definition) is 6. The Morgan fingerprint density at radius 2 is 1.91 bits per heavy atom. The van der Waals surface area contributed by atoms with Gasteiger partial charge in [0.15, 0.2) is 0 Å². The van der Waals surface area contributed by atoms with E-state index in [1.807, 2.05) is 54.6 Å². The van der Waals surface area contributed by atoms with Gasteiger partial charge in [0.1, 0.15) is 23.3 Å². The molecule has 164 valence electrons. The van der Waals surface area contributed by atoms with Gasteiger partial charge in [-0.15, -0.1) is 0 Å². The number of methoxy groups -OCH3 is 1. The molecule has 0 bridgehead atoms. The molecule has 0 fully saturated rings. The molecule has 7 nitrogen and oxygen atoms in total. The predicted octanol–water partition coefficient (Wildman–Crippen LogP) is 3.89. The molecule has 2 heterocycles. The van der Waals surface area contributed by atoms with E-state index in [2.05, 4.69) is 16.4 Å². The van der Waals surface area contributed by atoms with E-state index in [-0.39, 0.29) is 12.1 Å². The van der Waals surface area contributed by atoms with Crippen LogP contribution in [0, 0.1) is 17.2 Å². The van der Waals surface area contributed by atoms with Gasteiger partial charge in [0.2, 0.25) is 6.23 Å². The zero-order chi connectivity index (χ0) is 22.2. The summed E-state index contributed by atoms with van der Waals surface area (Å²) in [6.07, 6.45) is 2.47. The first-order chi connectivity index (χ1) is 15.8. The van der Waals surface area contributed by atoms with Gasteiger partial charge in [0, 0.05) is 24.3 Å². The van der Waals surface area contributed by atoms with Crippen molar-refractivity contribution >= 4 is 23.5 Å². The average molecular weight is 431 g/mol. The minimum Gasteiger partial charge on any atom is -0.497 e. The number of nitrogens with one attached hydrogen (secondary N) is 1. The monoisotopic (exact) mass is 430 g/mol. The second-order valence-corrected chi connectivity index (χ2v) is 7.39. The molecule has 2 aliphatic heterocycles. The number of rotatable bonds is 9. The maximum atomic E-state index is 8.58. The van der Waals surface area contributed by atoms with Gasteiger partial charge in [-0.2, -0.15) is 5.26 Å². The second kappa shape index (κ2) is 10.6. The first-order valence-electron chi connectivity index (χ1n) is 10.7. The molecule has 0 aliphatic carbocycles. The van der Waals surface area contributed by atoms with E-state index in [4.69, 9.17) is 24.5 Å². The molecule has 7 heteroatoms. The summed E-state index contributed by atoms with van der Waals surface area (Å²) in [6.45, 7) is 1.65. The normalized spacial score (nSPS) is 20.4. The molecule has 2 atom stereocenters. The fourth-order valence-electron chi connectivity index (χ4n) is 3.82. The Bertz CT molecular complexity index is 1040. The summed E-state index contributed by atoms with van der Waals surface area (Å²) in [5.74, 6) is 2.32. The molecule has 2 aromatic carbocycles. The van der Waals surface area contributed by atoms with Gasteiger partial charge in [-0.1, -0.05) is 42.5 Å². The summed E-state index contributed by atoms with van der Waals surface area (Å²) >= 11 is 0. The first-order valence-corrected chi connectivity index (χ1v) is 10.7. The molecule has 0 amide bonds. The SMILES string of the molecule is COc1ccc(C2=C(c3ccccc3)OC3N=CNC(=NCCCOCCC#N)C23)cc1. The van der Waals surface area contributed by atoms with Crippen LogP contribution in [0.2, 0.25) is 0 Å². The molecule has 0 aromatic heterocycles. The highest BCUT2D eigenvalue weighted by Crippen LogP contribution is 2.44. The fourth-order valence-corrected chi connectivity index (χ4v) is 3.82. The topological polar surface area (TPSA) is 88.2 Å². The number of benzene rings is 2. The summed E-state index contributed by atoms with van der Waals surface area (Å²) in [4.78, 5) is 9.36. The Hall–Kier alpha value is -3.63. The Labute approximate surface area is 188 Å². The molecular formula is C25H26N4O3. The summed E-state index contributed by atoms with van der Waals surface area (Å²) < 4.78 is 17.1. The van der Waals surface area contributed by atoms with Crippen molar-refractivity contribution in [1.29, 1.82) is 5.26 Å². The molecule has 1 N–H and O–H groups in total. The molecule has 2 unspecified atom stereocenters. The van der Waals surface area contributed by atoms with E-state index in [1.54, 1.807) is 13.4 Å². The lowest BCUT2D eigenvalue weighted by atomic mass is 9.89. The van der Waals surface area contributed by atoms with Crippen molar-refractivity contribution in [3.63, 3.8) is 0 Å². The third kappa shape index (κ3) is 4.82. The van der Waals surface area contributed by atoms with Gasteiger partial charge < -0.3 is 19.5 Å². The molecule has 2 aliphatic rings. The smallest absolute Gasteiger partial charge is 0.205 e. The molecule has 0 saturated heterocycles. The quantitative estimate of drug-likeness (QED) is 0.610. The Kier molecular flexibility index (Phi) is 7.15. The van der Waals surface area contributed by atoms with Crippen molar-refractivity contribution in [3.05, 3.63) is 65.7 Å². The Balaban J connectivity index is 1.62. The lowest BCUT2D eigenvalue weighted by molar-refractivity contribution is 0.138. The van der Waals surface area contributed by atoms with Crippen LogP contribution in [-0.4, -0.2) is 45.3 Å². The zero-order valence-electron chi connectivity index (χ0n) is 18.0. The first kappa shape index (κ1) is 21.6. The number of nitrogens with zero attached hydrogens (tertiary/aromatic N) is 3. The van der Waals surface area contributed by atoms with Crippen molar-refractivity contribution in [2.45, 2.75) is 19.1 Å². The zero-order valence-corrected chi connectivity index (χ0v) is 18.0. The number of hydrogen-bond donors (Lipinski definition) is 1. The van der Waals surface area contributed by atoms with Gasteiger partial charge in [0.25, 0.3) is 0 Å². The number of nitriles is 1. The van der Waals surface area contributed by atoms with E-state index < -0.39 is 0 Å². The largest absolute Gasteiger partial charge is 0.497 e. The summed E-state index contributed by atoms with van der Waals surface area (Å²) in [7, 11) is 1.66. The van der Waals surface area contributed by atoms with Crippen LogP contribution in [0.4, 0.5) is 0 Å². The molecule has 2 aromatic rings. The van der Waals surface area contributed by atoms with Crippen LogP contribution in [0.5, 0.6) is 5.75 Å². The van der Waals surface area contributed by atoms with Gasteiger partial charge in [-0.25, -0.2) is 4.99 Å². The van der Waals surface area contributed by atoms with Crippen molar-refractivity contribution in [3.8, 4) is 11.8 Å². The maximum absolute atomic E-state index is 8.58. The standard InChI is InChI=1S/C25H26N4O3/c1-30-20-11-9-18(10-12-20)21-22-24(27-14-6-16-31-15-5-13-26)28-17-29-25(22)32-23(21)19-7-3-2-4-8-19/h2-4,7-12,17,22,25H,5-6,14-16H2,1H3,(H,27,28,29). The van der Waals surface area contributed by atoms with Gasteiger partial charge >= 0.3 is 0 Å². The van der Waals surface area contributed by atoms with Gasteiger partial charge in [-0.3, -0.25) is 4.99 Å². The van der Waals surface area contributed by atoms with Crippen molar-refractivity contribution in [2.24, 2.45) is 15.9 Å². The van der Waals surface area contributed by atoms with E-state index in [1.165, 1.54) is 0 Å². The lowest BCUT2D eigenvalue weighted by Gasteiger charge is -2.24. The highest BCUT2D eigenvalue weighted by atomic mass is 16.5. The van der Waals surface area contributed by atoms with Gasteiger partial charge in [-0.05, 0) is 24.1 Å². The Morgan fingerprint density at radius 3 is 2.66 bits per heavy atom. The number of amidine groups is 1. The highest BCUT2D eigenvalue weighted by molar-refractivity contribution is 6.08. The summed E-state index contributed by atoms with van der Waals surface area (Å²) in [5.41, 5.74) is 3.11. The third-order valence-corrected chi connectivity index (χ3v) is 5.33. The van der Waals surface area contributed by atoms with Crippen molar-refractivity contribution in [1.82, 2.24) is 5.32 Å².